The maximum Gasteiger partial charge on any atom is 0.191 e. The standard InChI is InChI=1S/C24H32ClN5O/c1-26-23(29-19-9-14-30(15-10-19)22-8-4-5-13-27-22)28-18-24(11-16-31-17-12-24)20-6-2-3-7-21(20)25/h2-8,13,19H,9-12,14-18H2,1H3,(H2,26,28,29). The van der Waals surface area contributed by atoms with E-state index < -0.39 is 0 Å². The molecule has 0 saturated carbocycles. The minimum atomic E-state index is -0.0451. The van der Waals surface area contributed by atoms with Gasteiger partial charge in [0.05, 0.1) is 0 Å². The van der Waals surface area contributed by atoms with Crippen LogP contribution in [0, 0.1) is 0 Å². The maximum atomic E-state index is 6.59. The number of hydrogen-bond donors (Lipinski definition) is 2. The van der Waals surface area contributed by atoms with Crippen LogP contribution in [-0.4, -0.2) is 56.9 Å². The fraction of sp³-hybridized carbons (Fsp3) is 0.500. The summed E-state index contributed by atoms with van der Waals surface area (Å²) < 4.78 is 5.66. The summed E-state index contributed by atoms with van der Waals surface area (Å²) in [6, 6.07) is 14.7. The Bertz CT molecular complexity index is 861. The average molecular weight is 442 g/mol. The molecule has 2 aromatic rings. The van der Waals surface area contributed by atoms with E-state index in [4.69, 9.17) is 16.3 Å². The summed E-state index contributed by atoms with van der Waals surface area (Å²) in [5.41, 5.74) is 1.16. The van der Waals surface area contributed by atoms with E-state index in [1.54, 1.807) is 0 Å². The van der Waals surface area contributed by atoms with Gasteiger partial charge in [-0.25, -0.2) is 4.98 Å². The van der Waals surface area contributed by atoms with Crippen molar-refractivity contribution < 1.29 is 4.74 Å². The fourth-order valence-corrected chi connectivity index (χ4v) is 4.97. The molecule has 2 aliphatic rings. The lowest BCUT2D eigenvalue weighted by Crippen LogP contribution is -2.52. The van der Waals surface area contributed by atoms with Gasteiger partial charge in [0, 0.05) is 62.6 Å². The maximum absolute atomic E-state index is 6.59. The number of guanidine groups is 1. The number of rotatable bonds is 5. The predicted octanol–water partition coefficient (Wildman–Crippen LogP) is 3.62. The first-order valence-corrected chi connectivity index (χ1v) is 11.5. The highest BCUT2D eigenvalue weighted by atomic mass is 35.5. The quantitative estimate of drug-likeness (QED) is 0.548. The highest BCUT2D eigenvalue weighted by Crippen LogP contribution is 2.38. The Morgan fingerprint density at radius 2 is 1.90 bits per heavy atom. The van der Waals surface area contributed by atoms with Gasteiger partial charge in [-0.15, -0.1) is 0 Å². The monoisotopic (exact) mass is 441 g/mol. The Labute approximate surface area is 190 Å². The van der Waals surface area contributed by atoms with Crippen molar-refractivity contribution in [3.63, 3.8) is 0 Å². The van der Waals surface area contributed by atoms with Crippen molar-refractivity contribution in [2.75, 3.05) is 44.8 Å². The van der Waals surface area contributed by atoms with E-state index in [0.717, 1.165) is 75.3 Å². The Kier molecular flexibility index (Phi) is 7.30. The second-order valence-corrected chi connectivity index (χ2v) is 8.80. The van der Waals surface area contributed by atoms with Gasteiger partial charge in [-0.2, -0.15) is 0 Å². The molecule has 0 radical (unpaired) electrons. The lowest BCUT2D eigenvalue weighted by atomic mass is 9.74. The summed E-state index contributed by atoms with van der Waals surface area (Å²) in [6.07, 6.45) is 5.87. The molecule has 0 bridgehead atoms. The van der Waals surface area contributed by atoms with E-state index >= 15 is 0 Å². The van der Waals surface area contributed by atoms with Gasteiger partial charge in [0.1, 0.15) is 5.82 Å². The van der Waals surface area contributed by atoms with E-state index in [-0.39, 0.29) is 5.41 Å². The van der Waals surface area contributed by atoms with Crippen molar-refractivity contribution >= 4 is 23.4 Å². The SMILES string of the molecule is CN=C(NCC1(c2ccccc2Cl)CCOCC1)NC1CCN(c2ccccn2)CC1. The Morgan fingerprint density at radius 1 is 1.16 bits per heavy atom. The van der Waals surface area contributed by atoms with Crippen LogP contribution in [0.1, 0.15) is 31.2 Å². The Balaban J connectivity index is 1.35. The first-order valence-electron chi connectivity index (χ1n) is 11.2. The van der Waals surface area contributed by atoms with Gasteiger partial charge in [0.25, 0.3) is 0 Å². The van der Waals surface area contributed by atoms with Crippen molar-refractivity contribution in [1.29, 1.82) is 0 Å². The molecule has 2 saturated heterocycles. The number of aromatic nitrogens is 1. The van der Waals surface area contributed by atoms with E-state index in [0.29, 0.717) is 6.04 Å². The summed E-state index contributed by atoms with van der Waals surface area (Å²) >= 11 is 6.59. The average Bonchev–Trinajstić information content (AvgIpc) is 2.83. The molecule has 0 aliphatic carbocycles. The normalized spacial score (nSPS) is 19.8. The van der Waals surface area contributed by atoms with Crippen LogP contribution in [0.4, 0.5) is 5.82 Å². The molecule has 166 valence electrons. The molecular formula is C24H32ClN5O. The minimum absolute atomic E-state index is 0.0451. The molecule has 4 rings (SSSR count). The van der Waals surface area contributed by atoms with Crippen molar-refractivity contribution in [3.8, 4) is 0 Å². The first kappa shape index (κ1) is 21.9. The van der Waals surface area contributed by atoms with Crippen LogP contribution in [0.15, 0.2) is 53.7 Å². The summed E-state index contributed by atoms with van der Waals surface area (Å²) in [4.78, 5) is 11.3. The fourth-order valence-electron chi connectivity index (χ4n) is 4.63. The molecule has 0 unspecified atom stereocenters. The molecular weight excluding hydrogens is 410 g/mol. The summed E-state index contributed by atoms with van der Waals surface area (Å²) in [7, 11) is 1.84. The molecule has 7 heteroatoms. The molecule has 0 spiro atoms. The second-order valence-electron chi connectivity index (χ2n) is 8.39. The Morgan fingerprint density at radius 3 is 2.58 bits per heavy atom. The van der Waals surface area contributed by atoms with Crippen molar-refractivity contribution in [3.05, 3.63) is 59.2 Å². The van der Waals surface area contributed by atoms with Gasteiger partial charge in [-0.05, 0) is 49.4 Å². The predicted molar refractivity (Wildman–Crippen MR) is 127 cm³/mol. The summed E-state index contributed by atoms with van der Waals surface area (Å²) in [6.45, 7) is 4.28. The van der Waals surface area contributed by atoms with E-state index in [9.17, 15) is 0 Å². The molecule has 2 fully saturated rings. The molecule has 1 aromatic carbocycles. The van der Waals surface area contributed by atoms with E-state index in [1.165, 1.54) is 5.56 Å². The highest BCUT2D eigenvalue weighted by molar-refractivity contribution is 6.31. The molecule has 0 atom stereocenters. The van der Waals surface area contributed by atoms with Gasteiger partial charge >= 0.3 is 0 Å². The van der Waals surface area contributed by atoms with Crippen LogP contribution >= 0.6 is 11.6 Å². The molecule has 1 aromatic heterocycles. The number of benzene rings is 1. The number of nitrogens with zero attached hydrogens (tertiary/aromatic N) is 3. The smallest absolute Gasteiger partial charge is 0.191 e. The van der Waals surface area contributed by atoms with Crippen LogP contribution in [0.2, 0.25) is 5.02 Å². The van der Waals surface area contributed by atoms with Crippen LogP contribution in [0.3, 0.4) is 0 Å². The van der Waals surface area contributed by atoms with Crippen LogP contribution in [0.25, 0.3) is 0 Å². The van der Waals surface area contributed by atoms with Gasteiger partial charge in [-0.1, -0.05) is 35.9 Å². The molecule has 31 heavy (non-hydrogen) atoms. The zero-order valence-electron chi connectivity index (χ0n) is 18.2. The van der Waals surface area contributed by atoms with Gasteiger partial charge in [0.2, 0.25) is 0 Å². The lowest BCUT2D eigenvalue weighted by molar-refractivity contribution is 0.0514. The van der Waals surface area contributed by atoms with E-state index in [1.807, 2.05) is 37.5 Å². The van der Waals surface area contributed by atoms with Crippen LogP contribution in [-0.2, 0) is 10.2 Å². The van der Waals surface area contributed by atoms with Gasteiger partial charge in [-0.3, -0.25) is 4.99 Å². The zero-order chi connectivity index (χ0) is 21.5. The number of piperidine rings is 1. The topological polar surface area (TPSA) is 61.8 Å². The number of hydrogen-bond acceptors (Lipinski definition) is 4. The largest absolute Gasteiger partial charge is 0.381 e. The Hall–Kier alpha value is -2.31. The number of nitrogens with one attached hydrogen (secondary N) is 2. The third-order valence-corrected chi connectivity index (χ3v) is 6.85. The molecule has 0 amide bonds. The second kappa shape index (κ2) is 10.3. The summed E-state index contributed by atoms with van der Waals surface area (Å²) in [5.74, 6) is 1.92. The number of anilines is 1. The number of pyridine rings is 1. The third kappa shape index (κ3) is 5.31. The number of ether oxygens (including phenoxy) is 1. The van der Waals surface area contributed by atoms with Crippen LogP contribution < -0.4 is 15.5 Å². The highest BCUT2D eigenvalue weighted by Gasteiger charge is 2.36. The van der Waals surface area contributed by atoms with Crippen molar-refractivity contribution in [1.82, 2.24) is 15.6 Å². The number of aliphatic imine (C=N–C) groups is 1. The first-order chi connectivity index (χ1) is 15.2. The minimum Gasteiger partial charge on any atom is -0.381 e. The molecule has 3 heterocycles. The molecule has 2 N–H and O–H groups in total. The third-order valence-electron chi connectivity index (χ3n) is 6.52. The van der Waals surface area contributed by atoms with Gasteiger partial charge < -0.3 is 20.3 Å². The van der Waals surface area contributed by atoms with E-state index in [2.05, 4.69) is 43.7 Å². The lowest BCUT2D eigenvalue weighted by Gasteiger charge is -2.39. The van der Waals surface area contributed by atoms with Gasteiger partial charge in [0.15, 0.2) is 5.96 Å². The molecule has 2 aliphatic heterocycles. The van der Waals surface area contributed by atoms with Crippen molar-refractivity contribution in [2.24, 2.45) is 4.99 Å². The van der Waals surface area contributed by atoms with Crippen LogP contribution in [0.5, 0.6) is 0 Å². The number of halogens is 1. The molecule has 6 nitrogen and oxygen atoms in total. The summed E-state index contributed by atoms with van der Waals surface area (Å²) in [5, 5.41) is 8.05. The zero-order valence-corrected chi connectivity index (χ0v) is 18.9. The van der Waals surface area contributed by atoms with Crippen molar-refractivity contribution in [2.45, 2.75) is 37.1 Å².